The minimum atomic E-state index is -0.955. The van der Waals surface area contributed by atoms with Crippen LogP contribution in [0.25, 0.3) is 0 Å². The summed E-state index contributed by atoms with van der Waals surface area (Å²) < 4.78 is 24.8. The minimum Gasteiger partial charge on any atom is -0.387 e. The van der Waals surface area contributed by atoms with Crippen molar-refractivity contribution >= 4 is 0 Å². The fraction of sp³-hybridized carbons (Fsp3) is 0.367. The molecular weight excluding hydrogens is 454 g/mol. The number of ether oxygens (including phenoxy) is 4. The molecule has 0 spiro atoms. The molecule has 0 unspecified atom stereocenters. The maximum atomic E-state index is 11.3. The lowest BCUT2D eigenvalue weighted by molar-refractivity contribution is -0.261. The zero-order valence-electron chi connectivity index (χ0n) is 20.3. The monoisotopic (exact) mass is 487 g/mol. The molecule has 3 aromatic rings. The van der Waals surface area contributed by atoms with Gasteiger partial charge in [0, 0.05) is 6.42 Å². The highest BCUT2D eigenvalue weighted by Gasteiger charge is 2.46. The Labute approximate surface area is 213 Å². The number of aliphatic hydroxyl groups is 1. The van der Waals surface area contributed by atoms with Crippen molar-refractivity contribution in [2.45, 2.75) is 63.2 Å². The molecule has 3 aromatic carbocycles. The number of aliphatic hydroxyl groups excluding tert-OH is 1. The van der Waals surface area contributed by atoms with Gasteiger partial charge in [-0.25, -0.2) is 0 Å². The van der Waals surface area contributed by atoms with E-state index >= 15 is 0 Å². The molecule has 0 aromatic heterocycles. The number of hydrogen-bond donors (Lipinski definition) is 1. The van der Waals surface area contributed by atoms with Crippen LogP contribution < -0.4 is 0 Å². The summed E-state index contributed by atoms with van der Waals surface area (Å²) in [7, 11) is 0. The van der Waals surface area contributed by atoms with Crippen molar-refractivity contribution in [3.8, 4) is 6.07 Å². The van der Waals surface area contributed by atoms with Crippen LogP contribution in [0, 0.1) is 11.3 Å². The molecule has 36 heavy (non-hydrogen) atoms. The van der Waals surface area contributed by atoms with Crippen molar-refractivity contribution in [1.29, 1.82) is 5.26 Å². The van der Waals surface area contributed by atoms with Crippen LogP contribution in [0.3, 0.4) is 0 Å². The molecule has 0 radical (unpaired) electrons. The van der Waals surface area contributed by atoms with E-state index in [2.05, 4.69) is 6.07 Å². The molecule has 1 N–H and O–H groups in total. The zero-order chi connectivity index (χ0) is 25.0. The number of nitrogens with zero attached hydrogens (tertiary/aromatic N) is 1. The smallest absolute Gasteiger partial charge is 0.115 e. The third-order valence-electron chi connectivity index (χ3n) is 6.26. The normalized spacial score (nSPS) is 23.7. The quantitative estimate of drug-likeness (QED) is 0.395. The summed E-state index contributed by atoms with van der Waals surface area (Å²) in [6.45, 7) is 1.30. The lowest BCUT2D eigenvalue weighted by Crippen LogP contribution is -2.60. The molecule has 1 fully saturated rings. The highest BCUT2D eigenvalue weighted by molar-refractivity contribution is 5.15. The molecular formula is C30H33NO5. The van der Waals surface area contributed by atoms with Gasteiger partial charge < -0.3 is 24.1 Å². The molecule has 1 aliphatic heterocycles. The van der Waals surface area contributed by atoms with Crippen molar-refractivity contribution in [2.24, 2.45) is 0 Å². The first kappa shape index (κ1) is 26.0. The van der Waals surface area contributed by atoms with E-state index in [4.69, 9.17) is 18.9 Å². The summed E-state index contributed by atoms with van der Waals surface area (Å²) in [4.78, 5) is 0. The van der Waals surface area contributed by atoms with E-state index in [1.54, 1.807) is 0 Å². The number of nitriles is 1. The standard InChI is InChI=1S/C30H33NO5/c31-18-10-17-26-29(34-20-24-13-6-2-7-14-24)30(35-21-25-15-8-3-9-16-25)28(32)27(36-26)22-33-19-23-11-4-1-5-12-23/h1-9,11-16,26-30,32H,10,17,19-22H2/t26-,27-,28-,29-,30+/m1/s1. The van der Waals surface area contributed by atoms with Gasteiger partial charge in [-0.3, -0.25) is 0 Å². The summed E-state index contributed by atoms with van der Waals surface area (Å²) in [6, 6.07) is 31.8. The Balaban J connectivity index is 1.49. The van der Waals surface area contributed by atoms with Gasteiger partial charge in [0.1, 0.15) is 24.4 Å². The van der Waals surface area contributed by atoms with Crippen molar-refractivity contribution in [3.05, 3.63) is 108 Å². The fourth-order valence-corrected chi connectivity index (χ4v) is 4.37. The summed E-state index contributed by atoms with van der Waals surface area (Å²) >= 11 is 0. The van der Waals surface area contributed by atoms with Gasteiger partial charge in [-0.05, 0) is 23.1 Å². The summed E-state index contributed by atoms with van der Waals surface area (Å²) in [6.07, 6.45) is -2.36. The summed E-state index contributed by atoms with van der Waals surface area (Å²) in [5.41, 5.74) is 3.06. The number of hydrogen-bond acceptors (Lipinski definition) is 6. The van der Waals surface area contributed by atoms with E-state index in [9.17, 15) is 10.4 Å². The van der Waals surface area contributed by atoms with Gasteiger partial charge in [-0.1, -0.05) is 91.0 Å². The van der Waals surface area contributed by atoms with Gasteiger partial charge in [0.15, 0.2) is 0 Å². The molecule has 0 saturated carbocycles. The van der Waals surface area contributed by atoms with E-state index in [1.807, 2.05) is 91.0 Å². The third kappa shape index (κ3) is 7.47. The number of rotatable bonds is 12. The van der Waals surface area contributed by atoms with Gasteiger partial charge in [0.2, 0.25) is 0 Å². The first-order valence-corrected chi connectivity index (χ1v) is 12.4. The zero-order valence-corrected chi connectivity index (χ0v) is 20.3. The Morgan fingerprint density at radius 2 is 1.19 bits per heavy atom. The van der Waals surface area contributed by atoms with Gasteiger partial charge in [-0.2, -0.15) is 5.26 Å². The molecule has 1 aliphatic rings. The van der Waals surface area contributed by atoms with Crippen LogP contribution in [0.5, 0.6) is 0 Å². The Bertz CT molecular complexity index is 1060. The van der Waals surface area contributed by atoms with Crippen LogP contribution in [-0.2, 0) is 38.8 Å². The maximum absolute atomic E-state index is 11.3. The van der Waals surface area contributed by atoms with Gasteiger partial charge >= 0.3 is 0 Å². The van der Waals surface area contributed by atoms with E-state index in [-0.39, 0.29) is 6.61 Å². The van der Waals surface area contributed by atoms with E-state index in [1.165, 1.54) is 0 Å². The highest BCUT2D eigenvalue weighted by atomic mass is 16.6. The Kier molecular flexibility index (Phi) is 10.0. The molecule has 0 amide bonds. The Morgan fingerprint density at radius 1 is 0.694 bits per heavy atom. The van der Waals surface area contributed by atoms with Crippen molar-refractivity contribution < 1.29 is 24.1 Å². The first-order valence-electron chi connectivity index (χ1n) is 12.4. The Hall–Kier alpha value is -3.05. The summed E-state index contributed by atoms with van der Waals surface area (Å²) in [5, 5.41) is 20.6. The molecule has 6 heteroatoms. The topological polar surface area (TPSA) is 80.9 Å². The molecule has 4 rings (SSSR count). The molecule has 1 heterocycles. The van der Waals surface area contributed by atoms with Crippen LogP contribution in [0.1, 0.15) is 29.5 Å². The van der Waals surface area contributed by atoms with Crippen LogP contribution >= 0.6 is 0 Å². The largest absolute Gasteiger partial charge is 0.387 e. The van der Waals surface area contributed by atoms with E-state index in [0.29, 0.717) is 32.7 Å². The summed E-state index contributed by atoms with van der Waals surface area (Å²) in [5.74, 6) is 0. The van der Waals surface area contributed by atoms with E-state index < -0.39 is 30.5 Å². The first-order chi connectivity index (χ1) is 17.7. The number of benzene rings is 3. The molecule has 188 valence electrons. The van der Waals surface area contributed by atoms with Crippen LogP contribution in [-0.4, -0.2) is 42.2 Å². The predicted molar refractivity (Wildman–Crippen MR) is 136 cm³/mol. The molecule has 0 aliphatic carbocycles. The second-order valence-corrected chi connectivity index (χ2v) is 8.92. The van der Waals surface area contributed by atoms with Crippen LogP contribution in [0.2, 0.25) is 0 Å². The van der Waals surface area contributed by atoms with Crippen LogP contribution in [0.15, 0.2) is 91.0 Å². The third-order valence-corrected chi connectivity index (χ3v) is 6.26. The van der Waals surface area contributed by atoms with Crippen LogP contribution in [0.4, 0.5) is 0 Å². The fourth-order valence-electron chi connectivity index (χ4n) is 4.37. The second kappa shape index (κ2) is 13.9. The highest BCUT2D eigenvalue weighted by Crippen LogP contribution is 2.30. The predicted octanol–water partition coefficient (Wildman–Crippen LogP) is 4.81. The van der Waals surface area contributed by atoms with Crippen molar-refractivity contribution in [2.75, 3.05) is 6.61 Å². The second-order valence-electron chi connectivity index (χ2n) is 8.92. The van der Waals surface area contributed by atoms with Gasteiger partial charge in [0.25, 0.3) is 0 Å². The molecule has 6 nitrogen and oxygen atoms in total. The molecule has 0 bridgehead atoms. The Morgan fingerprint density at radius 3 is 1.72 bits per heavy atom. The lowest BCUT2D eigenvalue weighted by Gasteiger charge is -2.44. The van der Waals surface area contributed by atoms with Gasteiger partial charge in [-0.15, -0.1) is 0 Å². The van der Waals surface area contributed by atoms with Crippen molar-refractivity contribution in [3.63, 3.8) is 0 Å². The maximum Gasteiger partial charge on any atom is 0.115 e. The molecule has 1 saturated heterocycles. The van der Waals surface area contributed by atoms with E-state index in [0.717, 1.165) is 16.7 Å². The minimum absolute atomic E-state index is 0.204. The van der Waals surface area contributed by atoms with Gasteiger partial charge in [0.05, 0.1) is 38.6 Å². The average Bonchev–Trinajstić information content (AvgIpc) is 2.93. The van der Waals surface area contributed by atoms with Crippen molar-refractivity contribution in [1.82, 2.24) is 0 Å². The lowest BCUT2D eigenvalue weighted by atomic mass is 9.92. The SMILES string of the molecule is N#CCC[C@H]1O[C@H](COCc2ccccc2)[C@@H](O)[C@H](OCc2ccccc2)[C@@H]1OCc1ccccc1. The molecule has 5 atom stereocenters. The average molecular weight is 488 g/mol.